The normalized spacial score (nSPS) is 11.8. The fourth-order valence-corrected chi connectivity index (χ4v) is 9.25. The summed E-state index contributed by atoms with van der Waals surface area (Å²) < 4.78 is 13.4. The third-order valence-corrected chi connectivity index (χ3v) is 11.9. The molecule has 0 unspecified atom stereocenters. The summed E-state index contributed by atoms with van der Waals surface area (Å²) >= 11 is 0. The van der Waals surface area contributed by atoms with Crippen LogP contribution in [0.2, 0.25) is 0 Å². The molecule has 0 aliphatic carbocycles. The summed E-state index contributed by atoms with van der Waals surface area (Å²) in [5.41, 5.74) is 13.3. The Kier molecular flexibility index (Phi) is 7.26. The van der Waals surface area contributed by atoms with Gasteiger partial charge in [-0.2, -0.15) is 0 Å². The molecule has 0 radical (unpaired) electrons. The van der Waals surface area contributed by atoms with Crippen molar-refractivity contribution in [3.05, 3.63) is 206 Å². The molecule has 12 rings (SSSR count). The lowest BCUT2D eigenvalue weighted by molar-refractivity contribution is 0.632. The van der Waals surface area contributed by atoms with Crippen LogP contribution in [0.15, 0.2) is 215 Å². The first-order chi connectivity index (χ1) is 28.8. The topological polar surface area (TPSA) is 26.3 Å². The predicted molar refractivity (Wildman–Crippen MR) is 242 cm³/mol. The van der Waals surface area contributed by atoms with Gasteiger partial charge in [0.2, 0.25) is 0 Å². The van der Waals surface area contributed by atoms with Crippen LogP contribution >= 0.6 is 0 Å². The van der Waals surface area contributed by atoms with Crippen LogP contribution in [0, 0.1) is 0 Å². The molecule has 0 amide bonds. The third-order valence-electron chi connectivity index (χ3n) is 11.9. The SMILES string of the molecule is c1ccc(-c2ccccc2-c2cc(-c3cc4ccccc4o3)c3ccc4c(-c5ccccc5-c5ccccc5)cc(-c5cc6ccccc6o5)c5ccc2c3c54)cc1. The van der Waals surface area contributed by atoms with Crippen molar-refractivity contribution in [2.45, 2.75) is 0 Å². The maximum absolute atomic E-state index is 6.72. The second kappa shape index (κ2) is 12.9. The van der Waals surface area contributed by atoms with Crippen LogP contribution in [0.5, 0.6) is 0 Å². The first kappa shape index (κ1) is 32.6. The molecule has 0 bridgehead atoms. The van der Waals surface area contributed by atoms with Crippen molar-refractivity contribution in [1.29, 1.82) is 0 Å². The van der Waals surface area contributed by atoms with E-state index < -0.39 is 0 Å². The van der Waals surface area contributed by atoms with Gasteiger partial charge in [0.1, 0.15) is 22.7 Å². The summed E-state index contributed by atoms with van der Waals surface area (Å²) in [6.07, 6.45) is 0. The van der Waals surface area contributed by atoms with Crippen LogP contribution in [0.25, 0.3) is 121 Å². The molecule has 2 heteroatoms. The summed E-state index contributed by atoms with van der Waals surface area (Å²) in [5.74, 6) is 1.70. The lowest BCUT2D eigenvalue weighted by Crippen LogP contribution is -1.95. The Balaban J connectivity index is 1.25. The number of fused-ring (bicyclic) bond motifs is 2. The second-order valence-electron chi connectivity index (χ2n) is 15.1. The van der Waals surface area contributed by atoms with Gasteiger partial charge in [-0.05, 0) is 113 Å². The van der Waals surface area contributed by atoms with Crippen molar-refractivity contribution in [2.24, 2.45) is 0 Å². The van der Waals surface area contributed by atoms with Crippen molar-refractivity contribution in [3.63, 3.8) is 0 Å². The van der Waals surface area contributed by atoms with Crippen molar-refractivity contribution < 1.29 is 8.83 Å². The molecule has 270 valence electrons. The van der Waals surface area contributed by atoms with Crippen LogP contribution in [0.3, 0.4) is 0 Å². The average Bonchev–Trinajstić information content (AvgIpc) is 3.94. The predicted octanol–water partition coefficient (Wildman–Crippen LogP) is 16.1. The number of hydrogen-bond acceptors (Lipinski definition) is 2. The van der Waals surface area contributed by atoms with Gasteiger partial charge in [-0.1, -0.05) is 170 Å². The number of furan rings is 2. The third kappa shape index (κ3) is 5.05. The smallest absolute Gasteiger partial charge is 0.136 e. The minimum absolute atomic E-state index is 0.852. The zero-order valence-electron chi connectivity index (χ0n) is 31.4. The van der Waals surface area contributed by atoms with Crippen LogP contribution in [0.4, 0.5) is 0 Å². The second-order valence-corrected chi connectivity index (χ2v) is 15.1. The van der Waals surface area contributed by atoms with Crippen LogP contribution in [-0.4, -0.2) is 0 Å². The molecule has 10 aromatic carbocycles. The van der Waals surface area contributed by atoms with Crippen molar-refractivity contribution in [2.75, 3.05) is 0 Å². The van der Waals surface area contributed by atoms with Crippen molar-refractivity contribution in [3.8, 4) is 67.2 Å². The van der Waals surface area contributed by atoms with E-state index in [1.807, 2.05) is 12.1 Å². The van der Waals surface area contributed by atoms with Gasteiger partial charge in [0.05, 0.1) is 0 Å². The molecule has 0 N–H and O–H groups in total. The summed E-state index contributed by atoms with van der Waals surface area (Å²) in [4.78, 5) is 0. The Labute approximate surface area is 335 Å². The summed E-state index contributed by atoms with van der Waals surface area (Å²) in [7, 11) is 0. The summed E-state index contributed by atoms with van der Waals surface area (Å²) in [5, 5.41) is 9.28. The molecule has 0 saturated heterocycles. The van der Waals surface area contributed by atoms with Gasteiger partial charge in [0, 0.05) is 21.9 Å². The first-order valence-electron chi connectivity index (χ1n) is 19.8. The molecule has 2 aromatic heterocycles. The minimum atomic E-state index is 0.852. The van der Waals surface area contributed by atoms with E-state index in [4.69, 9.17) is 8.83 Å². The van der Waals surface area contributed by atoms with E-state index in [9.17, 15) is 0 Å². The molecule has 0 aliphatic heterocycles. The van der Waals surface area contributed by atoms with E-state index in [0.717, 1.165) is 66.5 Å². The quantitative estimate of drug-likeness (QED) is 0.159. The lowest BCUT2D eigenvalue weighted by Gasteiger charge is -2.22. The summed E-state index contributed by atoms with van der Waals surface area (Å²) in [6.45, 7) is 0. The molecule has 58 heavy (non-hydrogen) atoms. The fourth-order valence-electron chi connectivity index (χ4n) is 9.25. The number of para-hydroxylation sites is 2. The Morgan fingerprint density at radius 3 is 1.00 bits per heavy atom. The van der Waals surface area contributed by atoms with Gasteiger partial charge in [-0.3, -0.25) is 0 Å². The van der Waals surface area contributed by atoms with E-state index in [0.29, 0.717) is 0 Å². The van der Waals surface area contributed by atoms with E-state index in [-0.39, 0.29) is 0 Å². The first-order valence-corrected chi connectivity index (χ1v) is 19.8. The van der Waals surface area contributed by atoms with Gasteiger partial charge >= 0.3 is 0 Å². The largest absolute Gasteiger partial charge is 0.456 e. The Bertz CT molecular complexity index is 3190. The number of rotatable bonds is 6. The van der Waals surface area contributed by atoms with Gasteiger partial charge in [0.15, 0.2) is 0 Å². The highest BCUT2D eigenvalue weighted by atomic mass is 16.3. The minimum Gasteiger partial charge on any atom is -0.456 e. The highest BCUT2D eigenvalue weighted by Gasteiger charge is 2.24. The monoisotopic (exact) mass is 738 g/mol. The Hall–Kier alpha value is -7.68. The Morgan fingerprint density at radius 1 is 0.241 bits per heavy atom. The van der Waals surface area contributed by atoms with Gasteiger partial charge in [-0.15, -0.1) is 0 Å². The zero-order chi connectivity index (χ0) is 38.2. The highest BCUT2D eigenvalue weighted by molar-refractivity contribution is 6.32. The van der Waals surface area contributed by atoms with Crippen LogP contribution < -0.4 is 0 Å². The van der Waals surface area contributed by atoms with E-state index in [1.54, 1.807) is 0 Å². The molecule has 0 spiro atoms. The van der Waals surface area contributed by atoms with Crippen molar-refractivity contribution >= 4 is 54.3 Å². The molecule has 0 fully saturated rings. The molecule has 12 aromatic rings. The molecular weight excluding hydrogens is 705 g/mol. The zero-order valence-corrected chi connectivity index (χ0v) is 31.4. The molecule has 2 nitrogen and oxygen atoms in total. The number of benzene rings is 10. The van der Waals surface area contributed by atoms with Gasteiger partial charge < -0.3 is 8.83 Å². The maximum atomic E-state index is 6.72. The molecule has 0 aliphatic rings. The average molecular weight is 739 g/mol. The van der Waals surface area contributed by atoms with Gasteiger partial charge in [0.25, 0.3) is 0 Å². The summed E-state index contributed by atoms with van der Waals surface area (Å²) in [6, 6.07) is 73.9. The van der Waals surface area contributed by atoms with E-state index >= 15 is 0 Å². The van der Waals surface area contributed by atoms with E-state index in [1.165, 1.54) is 54.9 Å². The standard InChI is InChI=1S/C56H34O2/c1-3-15-35(16-4-1)39-21-9-11-23-41(39)47-33-49(53-31-37-19-7-13-25-51(37)57-53)45-30-28-44-48(42-24-12-10-22-40(42)36-17-5-2-6-18-36)34-50(46-29-27-43(47)55(45)56(44)46)54-32-38-20-8-14-26-52(38)58-54/h1-34H. The lowest BCUT2D eigenvalue weighted by atomic mass is 9.81. The van der Waals surface area contributed by atoms with Crippen LogP contribution in [0.1, 0.15) is 0 Å². The highest BCUT2D eigenvalue weighted by Crippen LogP contribution is 2.51. The molecular formula is C56H34O2. The number of hydrogen-bond donors (Lipinski definition) is 0. The molecule has 2 heterocycles. The van der Waals surface area contributed by atoms with Crippen LogP contribution in [-0.2, 0) is 0 Å². The maximum Gasteiger partial charge on any atom is 0.136 e. The van der Waals surface area contributed by atoms with Crippen molar-refractivity contribution in [1.82, 2.24) is 0 Å². The van der Waals surface area contributed by atoms with Gasteiger partial charge in [-0.25, -0.2) is 0 Å². The molecule has 0 saturated carbocycles. The molecule has 0 atom stereocenters. The van der Waals surface area contributed by atoms with E-state index in [2.05, 4.69) is 194 Å². The Morgan fingerprint density at radius 2 is 0.586 bits per heavy atom. The fraction of sp³-hybridized carbons (Fsp3) is 0.